The van der Waals surface area contributed by atoms with Crippen molar-refractivity contribution in [3.05, 3.63) is 41.6 Å². The number of amides is 2. The van der Waals surface area contributed by atoms with Gasteiger partial charge >= 0.3 is 12.1 Å². The van der Waals surface area contributed by atoms with Crippen molar-refractivity contribution in [1.82, 2.24) is 10.2 Å². The number of H-pyrrole nitrogens is 1. The number of benzene rings is 1. The molecule has 0 saturated heterocycles. The molecule has 1 heterocycles. The predicted molar refractivity (Wildman–Crippen MR) is 72.0 cm³/mol. The molecule has 11 heteroatoms. The zero-order valence-corrected chi connectivity index (χ0v) is 11.7. The number of anilines is 2. The molecule has 2 amide bonds. The van der Waals surface area contributed by atoms with E-state index in [4.69, 9.17) is 0 Å². The third kappa shape index (κ3) is 4.27. The SMILES string of the molecule is O=C(Cc1cc(NC(=O)C(F)(F)F)n[nH]1)Nc1cccc(F)c1F. The summed E-state index contributed by atoms with van der Waals surface area (Å²) < 4.78 is 62.7. The van der Waals surface area contributed by atoms with Gasteiger partial charge in [0.15, 0.2) is 17.5 Å². The number of nitrogens with one attached hydrogen (secondary N) is 3. The summed E-state index contributed by atoms with van der Waals surface area (Å²) in [6.07, 6.45) is -5.49. The molecule has 2 rings (SSSR count). The van der Waals surface area contributed by atoms with Gasteiger partial charge in [-0.3, -0.25) is 14.7 Å². The molecule has 0 radical (unpaired) electrons. The topological polar surface area (TPSA) is 86.9 Å². The molecule has 2 aromatic rings. The second-order valence-electron chi connectivity index (χ2n) is 4.56. The van der Waals surface area contributed by atoms with Crippen LogP contribution >= 0.6 is 0 Å². The average Bonchev–Trinajstić information content (AvgIpc) is 2.90. The fourth-order valence-corrected chi connectivity index (χ4v) is 1.67. The van der Waals surface area contributed by atoms with Gasteiger partial charge in [-0.2, -0.15) is 18.3 Å². The van der Waals surface area contributed by atoms with Crippen LogP contribution in [0.2, 0.25) is 0 Å². The predicted octanol–water partition coefficient (Wildman–Crippen LogP) is 2.37. The van der Waals surface area contributed by atoms with Gasteiger partial charge in [0, 0.05) is 11.8 Å². The maximum atomic E-state index is 13.4. The minimum absolute atomic E-state index is 0.0572. The summed E-state index contributed by atoms with van der Waals surface area (Å²) in [5.74, 6) is -5.80. The first-order valence-corrected chi connectivity index (χ1v) is 6.33. The zero-order chi connectivity index (χ0) is 17.9. The van der Waals surface area contributed by atoms with Crippen LogP contribution in [0, 0.1) is 11.6 Å². The lowest BCUT2D eigenvalue weighted by atomic mass is 10.2. The molecule has 0 spiro atoms. The number of aromatic nitrogens is 2. The molecular formula is C13H9F5N4O2. The van der Waals surface area contributed by atoms with Gasteiger partial charge in [-0.25, -0.2) is 8.78 Å². The van der Waals surface area contributed by atoms with Crippen molar-refractivity contribution in [2.45, 2.75) is 12.6 Å². The Kier molecular flexibility index (Phi) is 4.81. The van der Waals surface area contributed by atoms with E-state index in [1.165, 1.54) is 11.4 Å². The van der Waals surface area contributed by atoms with Crippen LogP contribution in [0.15, 0.2) is 24.3 Å². The highest BCUT2D eigenvalue weighted by atomic mass is 19.4. The number of nitrogens with zero attached hydrogens (tertiary/aromatic N) is 1. The summed E-state index contributed by atoms with van der Waals surface area (Å²) in [6, 6.07) is 4.20. The van der Waals surface area contributed by atoms with Crippen LogP contribution in [-0.2, 0) is 16.0 Å². The molecule has 0 saturated carbocycles. The summed E-state index contributed by atoms with van der Waals surface area (Å²) >= 11 is 0. The van der Waals surface area contributed by atoms with Gasteiger partial charge in [-0.05, 0) is 12.1 Å². The number of aromatic amines is 1. The molecule has 0 unspecified atom stereocenters. The summed E-state index contributed by atoms with van der Waals surface area (Å²) in [5, 5.41) is 9.23. The normalized spacial score (nSPS) is 11.2. The van der Waals surface area contributed by atoms with Crippen molar-refractivity contribution in [3.63, 3.8) is 0 Å². The molecule has 24 heavy (non-hydrogen) atoms. The van der Waals surface area contributed by atoms with E-state index in [0.29, 0.717) is 0 Å². The van der Waals surface area contributed by atoms with Crippen molar-refractivity contribution >= 4 is 23.3 Å². The third-order valence-electron chi connectivity index (χ3n) is 2.71. The lowest BCUT2D eigenvalue weighted by Gasteiger charge is -2.05. The molecule has 0 aliphatic carbocycles. The number of hydrogen-bond acceptors (Lipinski definition) is 3. The molecule has 0 atom stereocenters. The van der Waals surface area contributed by atoms with Gasteiger partial charge in [0.1, 0.15) is 0 Å². The number of hydrogen-bond donors (Lipinski definition) is 3. The summed E-state index contributed by atoms with van der Waals surface area (Å²) in [5.41, 5.74) is -0.327. The standard InChI is InChI=1S/C13H9F5N4O2/c14-7-2-1-3-8(11(7)15)19-10(23)5-6-4-9(22-21-6)20-12(24)13(16,17)18/h1-4H,5H2,(H,19,23)(H2,20,21,22,24). The van der Waals surface area contributed by atoms with Crippen molar-refractivity contribution in [2.75, 3.05) is 10.6 Å². The van der Waals surface area contributed by atoms with Gasteiger partial charge in [0.2, 0.25) is 5.91 Å². The highest BCUT2D eigenvalue weighted by Crippen LogP contribution is 2.19. The molecule has 0 aliphatic heterocycles. The lowest BCUT2D eigenvalue weighted by molar-refractivity contribution is -0.167. The van der Waals surface area contributed by atoms with E-state index in [-0.39, 0.29) is 11.4 Å². The van der Waals surface area contributed by atoms with E-state index in [1.54, 1.807) is 0 Å². The minimum atomic E-state index is -5.08. The maximum Gasteiger partial charge on any atom is 0.471 e. The Hall–Kier alpha value is -2.98. The van der Waals surface area contributed by atoms with Crippen LogP contribution in [0.25, 0.3) is 0 Å². The molecule has 1 aromatic heterocycles. The van der Waals surface area contributed by atoms with E-state index < -0.39 is 41.9 Å². The van der Waals surface area contributed by atoms with E-state index >= 15 is 0 Å². The van der Waals surface area contributed by atoms with Gasteiger partial charge in [0.05, 0.1) is 12.1 Å². The van der Waals surface area contributed by atoms with Crippen molar-refractivity contribution in [2.24, 2.45) is 0 Å². The average molecular weight is 348 g/mol. The number of carbonyl (C=O) groups excluding carboxylic acids is 2. The monoisotopic (exact) mass is 348 g/mol. The first-order chi connectivity index (χ1) is 11.2. The second kappa shape index (κ2) is 6.64. The second-order valence-corrected chi connectivity index (χ2v) is 4.56. The Balaban J connectivity index is 1.98. The van der Waals surface area contributed by atoms with Crippen LogP contribution < -0.4 is 10.6 Å². The van der Waals surface area contributed by atoms with E-state index in [9.17, 15) is 31.5 Å². The fourth-order valence-electron chi connectivity index (χ4n) is 1.67. The summed E-state index contributed by atoms with van der Waals surface area (Å²) in [7, 11) is 0. The number of halogens is 5. The first kappa shape index (κ1) is 17.4. The highest BCUT2D eigenvalue weighted by Gasteiger charge is 2.39. The third-order valence-corrected chi connectivity index (χ3v) is 2.71. The number of rotatable bonds is 4. The molecule has 0 aliphatic rings. The van der Waals surface area contributed by atoms with Crippen molar-refractivity contribution in [1.29, 1.82) is 0 Å². The number of carbonyl (C=O) groups is 2. The van der Waals surface area contributed by atoms with Gasteiger partial charge in [0.25, 0.3) is 0 Å². The van der Waals surface area contributed by atoms with Crippen LogP contribution in [0.1, 0.15) is 5.69 Å². The largest absolute Gasteiger partial charge is 0.471 e. The zero-order valence-electron chi connectivity index (χ0n) is 11.7. The van der Waals surface area contributed by atoms with Crippen molar-refractivity contribution < 1.29 is 31.5 Å². The van der Waals surface area contributed by atoms with Crippen LogP contribution in [-0.4, -0.2) is 28.2 Å². The van der Waals surface area contributed by atoms with Gasteiger partial charge in [-0.1, -0.05) is 6.07 Å². The molecule has 6 nitrogen and oxygen atoms in total. The van der Waals surface area contributed by atoms with Gasteiger partial charge in [-0.15, -0.1) is 0 Å². The molecule has 3 N–H and O–H groups in total. The summed E-state index contributed by atoms with van der Waals surface area (Å²) in [4.78, 5) is 22.5. The quantitative estimate of drug-likeness (QED) is 0.742. The Labute approximate surface area is 131 Å². The van der Waals surface area contributed by atoms with E-state index in [1.807, 2.05) is 0 Å². The van der Waals surface area contributed by atoms with Crippen LogP contribution in [0.5, 0.6) is 0 Å². The molecular weight excluding hydrogens is 339 g/mol. The van der Waals surface area contributed by atoms with Gasteiger partial charge < -0.3 is 10.6 Å². The molecule has 1 aromatic carbocycles. The van der Waals surface area contributed by atoms with Crippen molar-refractivity contribution in [3.8, 4) is 0 Å². The molecule has 0 fully saturated rings. The van der Waals surface area contributed by atoms with Crippen LogP contribution in [0.3, 0.4) is 0 Å². The number of alkyl halides is 3. The molecule has 128 valence electrons. The van der Waals surface area contributed by atoms with E-state index in [2.05, 4.69) is 15.5 Å². The Morgan fingerprint density at radius 2 is 1.88 bits per heavy atom. The lowest BCUT2D eigenvalue weighted by Crippen LogP contribution is -2.30. The van der Waals surface area contributed by atoms with Crippen LogP contribution in [0.4, 0.5) is 33.5 Å². The Morgan fingerprint density at radius 3 is 2.54 bits per heavy atom. The highest BCUT2D eigenvalue weighted by molar-refractivity contribution is 5.95. The minimum Gasteiger partial charge on any atom is -0.323 e. The summed E-state index contributed by atoms with van der Waals surface area (Å²) in [6.45, 7) is 0. The maximum absolute atomic E-state index is 13.4. The Morgan fingerprint density at radius 1 is 1.17 bits per heavy atom. The fraction of sp³-hybridized carbons (Fsp3) is 0.154. The molecule has 0 bridgehead atoms. The first-order valence-electron chi connectivity index (χ1n) is 6.33. The smallest absolute Gasteiger partial charge is 0.323 e. The van der Waals surface area contributed by atoms with E-state index in [0.717, 1.165) is 18.2 Å². The Bertz CT molecular complexity index is 772.